The summed E-state index contributed by atoms with van der Waals surface area (Å²) in [7, 11) is 0. The van der Waals surface area contributed by atoms with Crippen LogP contribution in [0.3, 0.4) is 0 Å². The summed E-state index contributed by atoms with van der Waals surface area (Å²) in [6.07, 6.45) is 3.20. The fraction of sp³-hybridized carbons (Fsp3) is 0.381. The molecule has 0 aliphatic carbocycles. The predicted molar refractivity (Wildman–Crippen MR) is 97.9 cm³/mol. The molecule has 0 saturated carbocycles. The summed E-state index contributed by atoms with van der Waals surface area (Å²) in [4.78, 5) is 12.5. The topological polar surface area (TPSA) is 47.6 Å². The van der Waals surface area contributed by atoms with Gasteiger partial charge in [0.25, 0.3) is 5.91 Å². The summed E-state index contributed by atoms with van der Waals surface area (Å²) >= 11 is 0. The molecular formula is C21H25NO3. The molecule has 1 N–H and O–H groups in total. The molecule has 0 aromatic heterocycles. The van der Waals surface area contributed by atoms with Gasteiger partial charge in [-0.2, -0.15) is 0 Å². The molecular weight excluding hydrogens is 314 g/mol. The normalized spacial score (nSPS) is 17.9. The maximum Gasteiger partial charge on any atom is 0.251 e. The van der Waals surface area contributed by atoms with Crippen molar-refractivity contribution in [1.82, 2.24) is 5.32 Å². The minimum atomic E-state index is -0.0682. The van der Waals surface area contributed by atoms with Crippen molar-refractivity contribution in [3.63, 3.8) is 0 Å². The summed E-state index contributed by atoms with van der Waals surface area (Å²) in [6.45, 7) is 3.46. The Bertz CT molecular complexity index is 663. The SMILES string of the molecule is CC[C@H](NC(=O)c1ccc(OC[C@H]2CCCO2)cc1)c1ccccc1. The number of nitrogens with one attached hydrogen (secondary N) is 1. The summed E-state index contributed by atoms with van der Waals surface area (Å²) in [5.74, 6) is 0.698. The number of carbonyl (C=O) groups excluding carboxylic acids is 1. The first-order valence-corrected chi connectivity index (χ1v) is 8.96. The van der Waals surface area contributed by atoms with Crippen molar-refractivity contribution >= 4 is 5.91 Å². The second kappa shape index (κ2) is 8.67. The molecule has 4 heteroatoms. The average Bonchev–Trinajstić information content (AvgIpc) is 3.19. The van der Waals surface area contributed by atoms with Crippen molar-refractivity contribution in [2.75, 3.05) is 13.2 Å². The third-order valence-corrected chi connectivity index (χ3v) is 4.49. The number of carbonyl (C=O) groups is 1. The second-order valence-corrected chi connectivity index (χ2v) is 6.32. The Morgan fingerprint density at radius 3 is 2.60 bits per heavy atom. The highest BCUT2D eigenvalue weighted by molar-refractivity contribution is 5.94. The monoisotopic (exact) mass is 339 g/mol. The zero-order valence-corrected chi connectivity index (χ0v) is 14.6. The first-order valence-electron chi connectivity index (χ1n) is 8.96. The minimum Gasteiger partial charge on any atom is -0.491 e. The first kappa shape index (κ1) is 17.5. The fourth-order valence-electron chi connectivity index (χ4n) is 3.02. The van der Waals surface area contributed by atoms with Crippen LogP contribution < -0.4 is 10.1 Å². The highest BCUT2D eigenvalue weighted by Gasteiger charge is 2.16. The van der Waals surface area contributed by atoms with Crippen LogP contribution in [0.25, 0.3) is 0 Å². The molecule has 0 bridgehead atoms. The van der Waals surface area contributed by atoms with Crippen molar-refractivity contribution in [3.05, 3.63) is 65.7 Å². The molecule has 1 amide bonds. The molecule has 4 nitrogen and oxygen atoms in total. The van der Waals surface area contributed by atoms with E-state index in [4.69, 9.17) is 9.47 Å². The highest BCUT2D eigenvalue weighted by Crippen LogP contribution is 2.19. The van der Waals surface area contributed by atoms with E-state index in [2.05, 4.69) is 12.2 Å². The van der Waals surface area contributed by atoms with Gasteiger partial charge in [-0.1, -0.05) is 37.3 Å². The summed E-state index contributed by atoms with van der Waals surface area (Å²) in [5.41, 5.74) is 1.76. The number of hydrogen-bond donors (Lipinski definition) is 1. The van der Waals surface area contributed by atoms with Crippen LogP contribution in [0.4, 0.5) is 0 Å². The van der Waals surface area contributed by atoms with Crippen LogP contribution in [-0.4, -0.2) is 25.2 Å². The number of hydrogen-bond acceptors (Lipinski definition) is 3. The fourth-order valence-corrected chi connectivity index (χ4v) is 3.02. The van der Waals surface area contributed by atoms with Crippen molar-refractivity contribution in [2.45, 2.75) is 38.3 Å². The molecule has 1 heterocycles. The summed E-state index contributed by atoms with van der Waals surface area (Å²) in [6, 6.07) is 17.3. The van der Waals surface area contributed by atoms with Gasteiger partial charge >= 0.3 is 0 Å². The molecule has 132 valence electrons. The predicted octanol–water partition coefficient (Wildman–Crippen LogP) is 4.13. The molecule has 2 aromatic rings. The maximum absolute atomic E-state index is 12.5. The Balaban J connectivity index is 1.56. The van der Waals surface area contributed by atoms with Crippen molar-refractivity contribution < 1.29 is 14.3 Å². The smallest absolute Gasteiger partial charge is 0.251 e. The van der Waals surface area contributed by atoms with E-state index >= 15 is 0 Å². The molecule has 1 aliphatic heterocycles. The van der Waals surface area contributed by atoms with Crippen LogP contribution in [-0.2, 0) is 4.74 Å². The second-order valence-electron chi connectivity index (χ2n) is 6.32. The van der Waals surface area contributed by atoms with Gasteiger partial charge < -0.3 is 14.8 Å². The van der Waals surface area contributed by atoms with Crippen molar-refractivity contribution in [2.24, 2.45) is 0 Å². The molecule has 3 rings (SSSR count). The molecule has 2 atom stereocenters. The Morgan fingerprint density at radius 2 is 1.96 bits per heavy atom. The number of amides is 1. The van der Waals surface area contributed by atoms with E-state index in [1.165, 1.54) is 0 Å². The first-order chi connectivity index (χ1) is 12.3. The van der Waals surface area contributed by atoms with Gasteiger partial charge in [-0.25, -0.2) is 0 Å². The van der Waals surface area contributed by atoms with Crippen LogP contribution in [0.5, 0.6) is 5.75 Å². The van der Waals surface area contributed by atoms with E-state index in [-0.39, 0.29) is 18.1 Å². The number of benzene rings is 2. The van der Waals surface area contributed by atoms with Crippen molar-refractivity contribution in [3.8, 4) is 5.75 Å². The Labute approximate surface area is 149 Å². The molecule has 1 fully saturated rings. The van der Waals surface area contributed by atoms with Crippen LogP contribution in [0.1, 0.15) is 48.1 Å². The molecule has 1 aliphatic rings. The lowest BCUT2D eigenvalue weighted by molar-refractivity contribution is 0.0679. The summed E-state index contributed by atoms with van der Waals surface area (Å²) in [5, 5.41) is 3.10. The van der Waals surface area contributed by atoms with E-state index < -0.39 is 0 Å². The maximum atomic E-state index is 12.5. The molecule has 0 unspecified atom stereocenters. The molecule has 2 aromatic carbocycles. The summed E-state index contributed by atoms with van der Waals surface area (Å²) < 4.78 is 11.3. The van der Waals surface area contributed by atoms with Gasteiger partial charge in [-0.05, 0) is 49.1 Å². The average molecular weight is 339 g/mol. The molecule has 1 saturated heterocycles. The van der Waals surface area contributed by atoms with Crippen LogP contribution in [0, 0.1) is 0 Å². The third-order valence-electron chi connectivity index (χ3n) is 4.49. The molecule has 0 spiro atoms. The van der Waals surface area contributed by atoms with Crippen LogP contribution >= 0.6 is 0 Å². The standard InChI is InChI=1S/C21H25NO3/c1-2-20(16-7-4-3-5-8-16)22-21(23)17-10-12-18(13-11-17)25-15-19-9-6-14-24-19/h3-5,7-8,10-13,19-20H,2,6,9,14-15H2,1H3,(H,22,23)/t19-,20+/m1/s1. The molecule has 0 radical (unpaired) electrons. The lowest BCUT2D eigenvalue weighted by Crippen LogP contribution is -2.28. The van der Waals surface area contributed by atoms with E-state index in [1.807, 2.05) is 42.5 Å². The van der Waals surface area contributed by atoms with Gasteiger partial charge in [0.1, 0.15) is 12.4 Å². The van der Waals surface area contributed by atoms with Crippen LogP contribution in [0.2, 0.25) is 0 Å². The largest absolute Gasteiger partial charge is 0.491 e. The van der Waals surface area contributed by atoms with E-state index in [1.54, 1.807) is 12.1 Å². The minimum absolute atomic E-state index is 0.0177. The molecule has 25 heavy (non-hydrogen) atoms. The quantitative estimate of drug-likeness (QED) is 0.825. The highest BCUT2D eigenvalue weighted by atomic mass is 16.5. The number of rotatable bonds is 7. The van der Waals surface area contributed by atoms with Crippen LogP contribution in [0.15, 0.2) is 54.6 Å². The lowest BCUT2D eigenvalue weighted by atomic mass is 10.0. The van der Waals surface area contributed by atoms with Gasteiger partial charge in [0, 0.05) is 12.2 Å². The van der Waals surface area contributed by atoms with Gasteiger partial charge in [-0.15, -0.1) is 0 Å². The van der Waals surface area contributed by atoms with E-state index in [9.17, 15) is 4.79 Å². The Morgan fingerprint density at radius 1 is 1.20 bits per heavy atom. The van der Waals surface area contributed by atoms with Gasteiger partial charge in [0.05, 0.1) is 12.1 Å². The van der Waals surface area contributed by atoms with Gasteiger partial charge in [0.15, 0.2) is 0 Å². The lowest BCUT2D eigenvalue weighted by Gasteiger charge is -2.17. The number of ether oxygens (including phenoxy) is 2. The zero-order valence-electron chi connectivity index (χ0n) is 14.6. The zero-order chi connectivity index (χ0) is 17.5. The van der Waals surface area contributed by atoms with Crippen molar-refractivity contribution in [1.29, 1.82) is 0 Å². The third kappa shape index (κ3) is 4.83. The van der Waals surface area contributed by atoms with Gasteiger partial charge in [0.2, 0.25) is 0 Å². The van der Waals surface area contributed by atoms with E-state index in [0.29, 0.717) is 12.2 Å². The Hall–Kier alpha value is -2.33. The van der Waals surface area contributed by atoms with E-state index in [0.717, 1.165) is 37.2 Å². The van der Waals surface area contributed by atoms with Gasteiger partial charge in [-0.3, -0.25) is 4.79 Å². The Kier molecular flexibility index (Phi) is 6.07.